The molecule has 0 spiro atoms. The molecule has 1 aromatic heterocycles. The van der Waals surface area contributed by atoms with Gasteiger partial charge in [0.05, 0.1) is 12.3 Å². The number of amides is 2. The van der Waals surface area contributed by atoms with E-state index in [9.17, 15) is 9.59 Å². The molecule has 3 rings (SSSR count). The van der Waals surface area contributed by atoms with Crippen LogP contribution in [-0.2, 0) is 17.7 Å². The van der Waals surface area contributed by atoms with E-state index < -0.39 is 0 Å². The smallest absolute Gasteiger partial charge is 0.287 e. The van der Waals surface area contributed by atoms with Crippen molar-refractivity contribution in [2.24, 2.45) is 0 Å². The lowest BCUT2D eigenvalue weighted by Gasteiger charge is -2.17. The summed E-state index contributed by atoms with van der Waals surface area (Å²) >= 11 is 0. The van der Waals surface area contributed by atoms with Crippen LogP contribution >= 0.6 is 0 Å². The lowest BCUT2D eigenvalue weighted by Crippen LogP contribution is -2.29. The fourth-order valence-corrected chi connectivity index (χ4v) is 2.73. The van der Waals surface area contributed by atoms with Crippen LogP contribution in [-0.4, -0.2) is 47.7 Å². The van der Waals surface area contributed by atoms with E-state index in [1.54, 1.807) is 7.11 Å². The number of nitrogens with one attached hydrogen (secondary N) is 2. The number of methoxy groups -OCH3 is 1. The highest BCUT2D eigenvalue weighted by Crippen LogP contribution is 2.23. The summed E-state index contributed by atoms with van der Waals surface area (Å²) in [4.78, 5) is 29.0. The van der Waals surface area contributed by atoms with Crippen molar-refractivity contribution in [2.75, 3.05) is 20.3 Å². The van der Waals surface area contributed by atoms with Crippen LogP contribution in [0.5, 0.6) is 0 Å². The number of carbonyl (C=O) groups excluding carboxylic acids is 2. The molecule has 1 saturated carbocycles. The van der Waals surface area contributed by atoms with Crippen molar-refractivity contribution < 1.29 is 14.3 Å². The van der Waals surface area contributed by atoms with E-state index in [2.05, 4.69) is 15.6 Å². The van der Waals surface area contributed by atoms with E-state index in [4.69, 9.17) is 4.74 Å². The van der Waals surface area contributed by atoms with Crippen molar-refractivity contribution in [1.82, 2.24) is 20.2 Å². The molecule has 120 valence electrons. The second kappa shape index (κ2) is 6.48. The second-order valence-electron chi connectivity index (χ2n) is 5.84. The number of rotatable bonds is 6. The quantitative estimate of drug-likeness (QED) is 0.749. The number of carbonyl (C=O) groups is 2. The molecule has 2 aliphatic rings. The van der Waals surface area contributed by atoms with Crippen LogP contribution in [0.15, 0.2) is 0 Å². The number of hydrogen-bond acceptors (Lipinski definition) is 4. The fraction of sp³-hybridized carbons (Fsp3) is 0.667. The van der Waals surface area contributed by atoms with Crippen LogP contribution in [0.3, 0.4) is 0 Å². The van der Waals surface area contributed by atoms with Crippen molar-refractivity contribution in [3.63, 3.8) is 0 Å². The fourth-order valence-electron chi connectivity index (χ4n) is 2.73. The minimum absolute atomic E-state index is 0.165. The van der Waals surface area contributed by atoms with Gasteiger partial charge in [0.15, 0.2) is 5.82 Å². The van der Waals surface area contributed by atoms with Crippen LogP contribution in [0, 0.1) is 0 Å². The zero-order valence-electron chi connectivity index (χ0n) is 12.9. The third-order valence-electron chi connectivity index (χ3n) is 4.04. The van der Waals surface area contributed by atoms with Crippen LogP contribution in [0.4, 0.5) is 0 Å². The molecule has 0 atom stereocenters. The van der Waals surface area contributed by atoms with Gasteiger partial charge in [0.2, 0.25) is 0 Å². The number of ether oxygens (including phenoxy) is 1. The molecule has 0 unspecified atom stereocenters. The monoisotopic (exact) mass is 306 g/mol. The summed E-state index contributed by atoms with van der Waals surface area (Å²) in [6.45, 7) is 1.64. The van der Waals surface area contributed by atoms with E-state index in [0.717, 1.165) is 44.3 Å². The van der Waals surface area contributed by atoms with E-state index in [-0.39, 0.29) is 17.9 Å². The first-order chi connectivity index (χ1) is 10.7. The molecule has 1 fully saturated rings. The van der Waals surface area contributed by atoms with Gasteiger partial charge in [-0.25, -0.2) is 4.98 Å². The Hall–Kier alpha value is -1.89. The zero-order valence-corrected chi connectivity index (χ0v) is 12.9. The Bertz CT molecular complexity index is 578. The lowest BCUT2D eigenvalue weighted by atomic mass is 10.1. The van der Waals surface area contributed by atoms with Gasteiger partial charge in [-0.05, 0) is 32.1 Å². The van der Waals surface area contributed by atoms with Crippen molar-refractivity contribution in [1.29, 1.82) is 0 Å². The predicted molar refractivity (Wildman–Crippen MR) is 79.9 cm³/mol. The van der Waals surface area contributed by atoms with Crippen LogP contribution in [0.25, 0.3) is 0 Å². The van der Waals surface area contributed by atoms with Gasteiger partial charge in [0.1, 0.15) is 5.69 Å². The maximum atomic E-state index is 12.3. The second-order valence-corrected chi connectivity index (χ2v) is 5.84. The molecule has 2 N–H and O–H groups in total. The van der Waals surface area contributed by atoms with E-state index in [1.165, 1.54) is 0 Å². The van der Waals surface area contributed by atoms with Gasteiger partial charge >= 0.3 is 0 Å². The van der Waals surface area contributed by atoms with Crippen molar-refractivity contribution in [2.45, 2.75) is 44.7 Å². The molecule has 22 heavy (non-hydrogen) atoms. The van der Waals surface area contributed by atoms with Crippen LogP contribution in [0.1, 0.15) is 52.5 Å². The largest absolute Gasteiger partial charge is 0.383 e. The molecule has 1 aromatic rings. The van der Waals surface area contributed by atoms with Crippen LogP contribution < -0.4 is 10.6 Å². The van der Waals surface area contributed by atoms with Crippen molar-refractivity contribution in [3.05, 3.63) is 17.2 Å². The molecule has 2 heterocycles. The molecule has 0 radical (unpaired) electrons. The Labute approximate surface area is 129 Å². The first-order valence-corrected chi connectivity index (χ1v) is 7.88. The molecule has 7 nitrogen and oxygen atoms in total. The molecule has 0 aromatic carbocycles. The third kappa shape index (κ3) is 3.14. The third-order valence-corrected chi connectivity index (χ3v) is 4.04. The van der Waals surface area contributed by atoms with Crippen molar-refractivity contribution in [3.8, 4) is 0 Å². The SMILES string of the molecule is COCCNC(=O)c1nc(C(=O)NC2CC2)n2c1CCCC2. The Balaban J connectivity index is 1.81. The van der Waals surface area contributed by atoms with Gasteiger partial charge in [-0.15, -0.1) is 0 Å². The Morgan fingerprint density at radius 1 is 1.32 bits per heavy atom. The number of aromatic nitrogens is 2. The summed E-state index contributed by atoms with van der Waals surface area (Å²) in [7, 11) is 1.59. The highest BCUT2D eigenvalue weighted by Gasteiger charge is 2.30. The highest BCUT2D eigenvalue weighted by atomic mass is 16.5. The van der Waals surface area contributed by atoms with Crippen molar-refractivity contribution >= 4 is 11.8 Å². The molecule has 0 saturated heterocycles. The number of fused-ring (bicyclic) bond motifs is 1. The first kappa shape index (κ1) is 15.0. The predicted octanol–water partition coefficient (Wildman–Crippen LogP) is 0.488. The van der Waals surface area contributed by atoms with Gasteiger partial charge in [-0.1, -0.05) is 0 Å². The Morgan fingerprint density at radius 2 is 2.14 bits per heavy atom. The summed E-state index contributed by atoms with van der Waals surface area (Å²) in [6.07, 6.45) is 4.88. The van der Waals surface area contributed by atoms with E-state index >= 15 is 0 Å². The minimum atomic E-state index is -0.229. The first-order valence-electron chi connectivity index (χ1n) is 7.88. The number of imidazole rings is 1. The zero-order chi connectivity index (χ0) is 15.5. The molecular weight excluding hydrogens is 284 g/mol. The van der Waals surface area contributed by atoms with E-state index in [0.29, 0.717) is 24.7 Å². The maximum absolute atomic E-state index is 12.3. The average molecular weight is 306 g/mol. The van der Waals surface area contributed by atoms with Gasteiger partial charge in [-0.2, -0.15) is 0 Å². The minimum Gasteiger partial charge on any atom is -0.383 e. The average Bonchev–Trinajstić information content (AvgIpc) is 3.24. The Kier molecular flexibility index (Phi) is 4.42. The van der Waals surface area contributed by atoms with E-state index in [1.807, 2.05) is 4.57 Å². The summed E-state index contributed by atoms with van der Waals surface area (Å²) in [5.41, 5.74) is 1.26. The molecule has 2 amide bonds. The molecule has 0 bridgehead atoms. The van der Waals surface area contributed by atoms with Gasteiger partial charge in [-0.3, -0.25) is 9.59 Å². The highest BCUT2D eigenvalue weighted by molar-refractivity contribution is 5.97. The molecule has 7 heteroatoms. The summed E-state index contributed by atoms with van der Waals surface area (Å²) in [5.74, 6) is -0.0201. The summed E-state index contributed by atoms with van der Waals surface area (Å²) in [5, 5.41) is 5.73. The summed E-state index contributed by atoms with van der Waals surface area (Å²) < 4.78 is 6.84. The normalized spacial score (nSPS) is 17.0. The molecule has 1 aliphatic heterocycles. The van der Waals surface area contributed by atoms with Gasteiger partial charge < -0.3 is 19.9 Å². The topological polar surface area (TPSA) is 85.2 Å². The Morgan fingerprint density at radius 3 is 2.86 bits per heavy atom. The summed E-state index contributed by atoms with van der Waals surface area (Å²) in [6, 6.07) is 0.281. The maximum Gasteiger partial charge on any atom is 0.287 e. The van der Waals surface area contributed by atoms with Gasteiger partial charge in [0, 0.05) is 26.2 Å². The molecule has 1 aliphatic carbocycles. The molecular formula is C15H22N4O3. The standard InChI is InChI=1S/C15H22N4O3/c1-22-9-7-16-14(20)12-11-4-2-3-8-19(11)13(18-12)15(21)17-10-5-6-10/h10H,2-9H2,1H3,(H,16,20)(H,17,21). The number of hydrogen-bond donors (Lipinski definition) is 2. The number of nitrogens with zero attached hydrogens (tertiary/aromatic N) is 2. The van der Waals surface area contributed by atoms with Gasteiger partial charge in [0.25, 0.3) is 11.8 Å². The van der Waals surface area contributed by atoms with Crippen LogP contribution in [0.2, 0.25) is 0 Å². The lowest BCUT2D eigenvalue weighted by molar-refractivity contribution is 0.0931.